The summed E-state index contributed by atoms with van der Waals surface area (Å²) in [7, 11) is -1.95. The summed E-state index contributed by atoms with van der Waals surface area (Å²) in [6.45, 7) is 1.80. The van der Waals surface area contributed by atoms with Gasteiger partial charge < -0.3 is 14.5 Å². The van der Waals surface area contributed by atoms with Gasteiger partial charge in [0, 0.05) is 26.3 Å². The lowest BCUT2D eigenvalue weighted by atomic mass is 10.2. The second-order valence-corrected chi connectivity index (χ2v) is 8.47. The fourth-order valence-electron chi connectivity index (χ4n) is 2.90. The van der Waals surface area contributed by atoms with E-state index in [4.69, 9.17) is 4.74 Å². The van der Waals surface area contributed by atoms with Crippen molar-refractivity contribution in [2.45, 2.75) is 19.6 Å². The topological polar surface area (TPSA) is 96.3 Å². The number of esters is 1. The van der Waals surface area contributed by atoms with E-state index in [0.29, 0.717) is 5.56 Å². The van der Waals surface area contributed by atoms with E-state index in [1.807, 2.05) is 0 Å². The molecule has 1 aromatic rings. The molecule has 2 aliphatic rings. The summed E-state index contributed by atoms with van der Waals surface area (Å²) < 4.78 is 45.2. The van der Waals surface area contributed by atoms with Gasteiger partial charge in [-0.3, -0.25) is 4.79 Å². The van der Waals surface area contributed by atoms with Crippen LogP contribution in [0.4, 0.5) is 4.39 Å². The van der Waals surface area contributed by atoms with E-state index in [2.05, 4.69) is 4.40 Å². The molecule has 0 bridgehead atoms. The van der Waals surface area contributed by atoms with Gasteiger partial charge in [0.05, 0.1) is 11.3 Å². The molecular weight excluding hydrogens is 401 g/mol. The molecule has 29 heavy (non-hydrogen) atoms. The van der Waals surface area contributed by atoms with Crippen LogP contribution in [0, 0.1) is 5.82 Å². The van der Waals surface area contributed by atoms with E-state index in [9.17, 15) is 22.4 Å². The monoisotopic (exact) mass is 421 g/mol. The lowest BCUT2D eigenvalue weighted by Crippen LogP contribution is -2.39. The highest BCUT2D eigenvalue weighted by Gasteiger charge is 2.27. The van der Waals surface area contributed by atoms with Crippen LogP contribution >= 0.6 is 0 Å². The molecule has 154 valence electrons. The van der Waals surface area contributed by atoms with Crippen molar-refractivity contribution in [1.29, 1.82) is 0 Å². The summed E-state index contributed by atoms with van der Waals surface area (Å²) in [6.07, 6.45) is 3.21. The van der Waals surface area contributed by atoms with Gasteiger partial charge in [-0.1, -0.05) is 12.1 Å². The quantitative estimate of drug-likeness (QED) is 0.663. The molecule has 2 aliphatic heterocycles. The highest BCUT2D eigenvalue weighted by atomic mass is 32.2. The summed E-state index contributed by atoms with van der Waals surface area (Å²) >= 11 is 0. The first-order valence-electron chi connectivity index (χ1n) is 8.84. The van der Waals surface area contributed by atoms with Crippen molar-refractivity contribution in [2.75, 3.05) is 19.3 Å². The minimum absolute atomic E-state index is 0.150. The molecule has 0 N–H and O–H groups in total. The number of carbonyl (C=O) groups is 2. The maximum atomic E-state index is 13.3. The molecule has 8 nitrogen and oxygen atoms in total. The summed E-state index contributed by atoms with van der Waals surface area (Å²) in [5.41, 5.74) is 0.792. The molecule has 1 aromatic carbocycles. The van der Waals surface area contributed by atoms with Crippen LogP contribution in [-0.2, 0) is 30.9 Å². The first-order chi connectivity index (χ1) is 13.6. The maximum absolute atomic E-state index is 13.3. The molecule has 0 aliphatic carbocycles. The van der Waals surface area contributed by atoms with Crippen molar-refractivity contribution < 1.29 is 27.1 Å². The van der Waals surface area contributed by atoms with Gasteiger partial charge in [0.25, 0.3) is 15.9 Å². The number of benzene rings is 1. The molecule has 0 radical (unpaired) electrons. The van der Waals surface area contributed by atoms with Crippen molar-refractivity contribution >= 4 is 27.7 Å². The molecular formula is C19H20FN3O5S. The minimum Gasteiger partial charge on any atom is -0.449 e. The van der Waals surface area contributed by atoms with Gasteiger partial charge >= 0.3 is 5.97 Å². The van der Waals surface area contributed by atoms with Crippen LogP contribution in [-0.4, -0.2) is 61.4 Å². The molecule has 0 unspecified atom stereocenters. The smallest absolute Gasteiger partial charge is 0.340 e. The first-order valence-corrected chi connectivity index (χ1v) is 10.4. The Morgan fingerprint density at radius 1 is 1.34 bits per heavy atom. The van der Waals surface area contributed by atoms with Gasteiger partial charge in [-0.2, -0.15) is 0 Å². The van der Waals surface area contributed by atoms with Crippen molar-refractivity contribution in [3.05, 3.63) is 59.6 Å². The van der Waals surface area contributed by atoms with Crippen LogP contribution < -0.4 is 0 Å². The van der Waals surface area contributed by atoms with Crippen molar-refractivity contribution in [3.63, 3.8) is 0 Å². The Morgan fingerprint density at radius 3 is 2.83 bits per heavy atom. The lowest BCUT2D eigenvalue weighted by Gasteiger charge is -2.27. The summed E-state index contributed by atoms with van der Waals surface area (Å²) in [5.74, 6) is -1.47. The third-order valence-electron chi connectivity index (χ3n) is 4.38. The maximum Gasteiger partial charge on any atom is 0.340 e. The molecule has 0 fully saturated rings. The second kappa shape index (κ2) is 8.16. The minimum atomic E-state index is -3.48. The van der Waals surface area contributed by atoms with Gasteiger partial charge in [-0.15, -0.1) is 4.40 Å². The number of rotatable bonds is 5. The van der Waals surface area contributed by atoms with Crippen molar-refractivity contribution in [2.24, 2.45) is 4.40 Å². The fraction of sp³-hybridized carbons (Fsp3) is 0.316. The summed E-state index contributed by atoms with van der Waals surface area (Å²) in [4.78, 5) is 27.8. The van der Waals surface area contributed by atoms with E-state index >= 15 is 0 Å². The van der Waals surface area contributed by atoms with Gasteiger partial charge in [0.2, 0.25) is 0 Å². The van der Waals surface area contributed by atoms with Gasteiger partial charge in [-0.25, -0.2) is 17.6 Å². The number of carbonyl (C=O) groups excluding carboxylic acids is 2. The SMILES string of the molecule is C[C@@H](OC(=O)C1=CN2CCS(=O)(=O)N=C2C=C1)C(=O)N(C)Cc1cccc(F)c1. The van der Waals surface area contributed by atoms with Gasteiger partial charge in [-0.05, 0) is 36.8 Å². The predicted molar refractivity (Wildman–Crippen MR) is 104 cm³/mol. The summed E-state index contributed by atoms with van der Waals surface area (Å²) in [5, 5.41) is 0. The van der Waals surface area contributed by atoms with E-state index in [1.165, 1.54) is 49.4 Å². The van der Waals surface area contributed by atoms with Crippen LogP contribution in [0.5, 0.6) is 0 Å². The number of hydrogen-bond donors (Lipinski definition) is 0. The number of sulfonamides is 1. The Morgan fingerprint density at radius 2 is 2.10 bits per heavy atom. The van der Waals surface area contributed by atoms with Crippen LogP contribution in [0.2, 0.25) is 0 Å². The Hall–Kier alpha value is -3.01. The van der Waals surface area contributed by atoms with E-state index in [-0.39, 0.29) is 30.3 Å². The zero-order valence-electron chi connectivity index (χ0n) is 15.9. The van der Waals surface area contributed by atoms with Crippen LogP contribution in [0.3, 0.4) is 0 Å². The van der Waals surface area contributed by atoms with Crippen LogP contribution in [0.25, 0.3) is 0 Å². The number of ether oxygens (including phenoxy) is 1. The van der Waals surface area contributed by atoms with E-state index in [1.54, 1.807) is 17.0 Å². The Kier molecular flexibility index (Phi) is 5.83. The highest BCUT2D eigenvalue weighted by Crippen LogP contribution is 2.17. The second-order valence-electron chi connectivity index (χ2n) is 6.72. The number of amidine groups is 1. The molecule has 2 heterocycles. The lowest BCUT2D eigenvalue weighted by molar-refractivity contribution is -0.155. The predicted octanol–water partition coefficient (Wildman–Crippen LogP) is 1.21. The average molecular weight is 421 g/mol. The zero-order chi connectivity index (χ0) is 21.2. The third-order valence-corrected chi connectivity index (χ3v) is 5.54. The number of fused-ring (bicyclic) bond motifs is 1. The molecule has 0 spiro atoms. The first kappa shape index (κ1) is 20.7. The van der Waals surface area contributed by atoms with Crippen LogP contribution in [0.15, 0.2) is 52.6 Å². The fourth-order valence-corrected chi connectivity index (χ4v) is 3.87. The average Bonchev–Trinajstić information content (AvgIpc) is 2.66. The summed E-state index contributed by atoms with van der Waals surface area (Å²) in [6, 6.07) is 5.89. The van der Waals surface area contributed by atoms with Crippen LogP contribution in [0.1, 0.15) is 12.5 Å². The Balaban J connectivity index is 1.61. The number of likely N-dealkylation sites (N-methyl/N-ethyl adjacent to an activating group) is 1. The standard InChI is InChI=1S/C19H20FN3O5S/c1-13(18(24)22(2)11-14-4-3-5-16(20)10-14)28-19(25)15-6-7-17-21-29(26,27)9-8-23(17)12-15/h3-7,10,12-13H,8-9,11H2,1-2H3/t13-/m1/s1. The highest BCUT2D eigenvalue weighted by molar-refractivity contribution is 7.90. The van der Waals surface area contributed by atoms with E-state index in [0.717, 1.165) is 0 Å². The Labute approximate surface area is 168 Å². The molecule has 1 amide bonds. The van der Waals surface area contributed by atoms with Gasteiger partial charge in [0.15, 0.2) is 6.10 Å². The van der Waals surface area contributed by atoms with Crippen molar-refractivity contribution in [1.82, 2.24) is 9.80 Å². The van der Waals surface area contributed by atoms with E-state index < -0.39 is 33.8 Å². The molecule has 0 saturated heterocycles. The Bertz CT molecular complexity index is 1030. The van der Waals surface area contributed by atoms with Gasteiger partial charge in [0.1, 0.15) is 11.7 Å². The molecule has 1 atom stereocenters. The normalized spacial score (nSPS) is 18.2. The molecule has 0 saturated carbocycles. The largest absolute Gasteiger partial charge is 0.449 e. The molecule has 0 aromatic heterocycles. The number of hydrogen-bond acceptors (Lipinski definition) is 6. The number of amides is 1. The number of nitrogens with zero attached hydrogens (tertiary/aromatic N) is 3. The zero-order valence-corrected chi connectivity index (χ0v) is 16.7. The molecule has 10 heteroatoms. The number of halogens is 1. The van der Waals surface area contributed by atoms with Crippen molar-refractivity contribution in [3.8, 4) is 0 Å². The third kappa shape index (κ3) is 5.08. The molecule has 3 rings (SSSR count).